The summed E-state index contributed by atoms with van der Waals surface area (Å²) in [5.74, 6) is 2.53. The van der Waals surface area contributed by atoms with Gasteiger partial charge >= 0.3 is 0 Å². The third kappa shape index (κ3) is 1.80. The van der Waals surface area contributed by atoms with E-state index in [0.29, 0.717) is 18.1 Å². The minimum absolute atomic E-state index is 0.349. The number of hydrogen-bond acceptors (Lipinski definition) is 2. The maximum Gasteiger partial charge on any atom is 0.145 e. The van der Waals surface area contributed by atoms with Gasteiger partial charge in [-0.15, -0.1) is 0 Å². The smallest absolute Gasteiger partial charge is 0.145 e. The number of benzene rings is 1. The summed E-state index contributed by atoms with van der Waals surface area (Å²) in [6, 6.07) is 6.83. The molecule has 0 spiro atoms. The quantitative estimate of drug-likeness (QED) is 0.736. The fraction of sp³-hybridized carbons (Fsp3) is 0.600. The molecule has 2 aliphatic rings. The Labute approximate surface area is 103 Å². The molecule has 2 heteroatoms. The van der Waals surface area contributed by atoms with Crippen molar-refractivity contribution >= 4 is 5.69 Å². The van der Waals surface area contributed by atoms with Crippen molar-refractivity contribution in [3.63, 3.8) is 0 Å². The van der Waals surface area contributed by atoms with Gasteiger partial charge in [0, 0.05) is 0 Å². The van der Waals surface area contributed by atoms with Gasteiger partial charge in [0.1, 0.15) is 11.9 Å². The van der Waals surface area contributed by atoms with E-state index in [1.165, 1.54) is 24.1 Å². The molecule has 92 valence electrons. The fourth-order valence-electron chi connectivity index (χ4n) is 3.40. The number of anilines is 1. The molecule has 1 saturated carbocycles. The molecular weight excluding hydrogens is 210 g/mol. The lowest BCUT2D eigenvalue weighted by Crippen LogP contribution is -2.49. The van der Waals surface area contributed by atoms with Crippen LogP contribution in [0.3, 0.4) is 0 Å². The predicted octanol–water partition coefficient (Wildman–Crippen LogP) is 3.60. The molecule has 1 heterocycles. The van der Waals surface area contributed by atoms with E-state index in [-0.39, 0.29) is 0 Å². The van der Waals surface area contributed by atoms with Crippen LogP contribution in [0.5, 0.6) is 5.75 Å². The maximum atomic E-state index is 6.24. The Morgan fingerprint density at radius 3 is 2.88 bits per heavy atom. The van der Waals surface area contributed by atoms with E-state index in [9.17, 15) is 0 Å². The van der Waals surface area contributed by atoms with Gasteiger partial charge in [0.25, 0.3) is 0 Å². The minimum atomic E-state index is 0.349. The highest BCUT2D eigenvalue weighted by Gasteiger charge is 2.38. The second-order valence-corrected chi connectivity index (χ2v) is 5.83. The standard InChI is InChI=1S/C15H21NO/c1-9-7-11(3)14-13(8-9)17-15-10(2)5-4-6-12(15)16-14/h4-6,9,11,13-14,16H,7-8H2,1-3H3. The van der Waals surface area contributed by atoms with E-state index >= 15 is 0 Å². The van der Waals surface area contributed by atoms with Gasteiger partial charge in [0.15, 0.2) is 0 Å². The van der Waals surface area contributed by atoms with Crippen LogP contribution in [0.25, 0.3) is 0 Å². The monoisotopic (exact) mass is 231 g/mol. The summed E-state index contributed by atoms with van der Waals surface area (Å²) in [7, 11) is 0. The molecule has 1 aromatic carbocycles. The molecule has 0 radical (unpaired) electrons. The molecular formula is C15H21NO. The Kier molecular flexibility index (Phi) is 2.53. The van der Waals surface area contributed by atoms with E-state index in [2.05, 4.69) is 44.3 Å². The SMILES string of the molecule is Cc1cccc2c1OC1CC(C)CC(C)C1N2. The van der Waals surface area contributed by atoms with E-state index < -0.39 is 0 Å². The molecule has 2 nitrogen and oxygen atoms in total. The van der Waals surface area contributed by atoms with Gasteiger partial charge in [-0.25, -0.2) is 0 Å². The second kappa shape index (κ2) is 3.94. The van der Waals surface area contributed by atoms with E-state index in [1.54, 1.807) is 0 Å². The zero-order valence-corrected chi connectivity index (χ0v) is 10.9. The first-order chi connectivity index (χ1) is 8.15. The van der Waals surface area contributed by atoms with Crippen LogP contribution in [0, 0.1) is 18.8 Å². The minimum Gasteiger partial charge on any atom is -0.486 e. The molecule has 4 atom stereocenters. The first-order valence-corrected chi connectivity index (χ1v) is 6.68. The highest BCUT2D eigenvalue weighted by molar-refractivity contribution is 5.62. The average molecular weight is 231 g/mol. The maximum absolute atomic E-state index is 6.24. The average Bonchev–Trinajstić information content (AvgIpc) is 2.28. The number of aryl methyl sites for hydroxylation is 1. The van der Waals surface area contributed by atoms with Crippen molar-refractivity contribution in [2.45, 2.75) is 45.8 Å². The Balaban J connectivity index is 1.94. The highest BCUT2D eigenvalue weighted by Crippen LogP contribution is 2.41. The summed E-state index contributed by atoms with van der Waals surface area (Å²) in [5.41, 5.74) is 2.41. The lowest BCUT2D eigenvalue weighted by Gasteiger charge is -2.44. The van der Waals surface area contributed by atoms with Gasteiger partial charge < -0.3 is 10.1 Å². The van der Waals surface area contributed by atoms with Gasteiger partial charge in [0.05, 0.1) is 11.7 Å². The normalized spacial score (nSPS) is 35.2. The third-order valence-electron chi connectivity index (χ3n) is 4.23. The molecule has 1 N–H and O–H groups in total. The number of para-hydroxylation sites is 1. The lowest BCUT2D eigenvalue weighted by molar-refractivity contribution is 0.0770. The fourth-order valence-corrected chi connectivity index (χ4v) is 3.40. The molecule has 0 amide bonds. The van der Waals surface area contributed by atoms with Crippen LogP contribution in [-0.2, 0) is 0 Å². The van der Waals surface area contributed by atoms with Crippen LogP contribution < -0.4 is 10.1 Å². The summed E-state index contributed by atoms with van der Waals surface area (Å²) in [6.45, 7) is 6.80. The Hall–Kier alpha value is -1.18. The van der Waals surface area contributed by atoms with Gasteiger partial charge in [-0.05, 0) is 43.2 Å². The van der Waals surface area contributed by atoms with Crippen LogP contribution in [-0.4, -0.2) is 12.1 Å². The van der Waals surface area contributed by atoms with Crippen LogP contribution >= 0.6 is 0 Å². The van der Waals surface area contributed by atoms with Crippen molar-refractivity contribution in [2.24, 2.45) is 11.8 Å². The van der Waals surface area contributed by atoms with E-state index in [1.807, 2.05) is 0 Å². The first kappa shape index (κ1) is 10.9. The van der Waals surface area contributed by atoms with Gasteiger partial charge in [-0.1, -0.05) is 26.0 Å². The molecule has 1 aliphatic carbocycles. The van der Waals surface area contributed by atoms with Crippen LogP contribution in [0.2, 0.25) is 0 Å². The largest absolute Gasteiger partial charge is 0.486 e. The number of hydrogen-bond donors (Lipinski definition) is 1. The zero-order valence-electron chi connectivity index (χ0n) is 10.9. The zero-order chi connectivity index (χ0) is 12.0. The van der Waals surface area contributed by atoms with Crippen molar-refractivity contribution in [2.75, 3.05) is 5.32 Å². The Bertz CT molecular complexity index is 429. The Morgan fingerprint density at radius 1 is 1.24 bits per heavy atom. The van der Waals surface area contributed by atoms with Crippen molar-refractivity contribution < 1.29 is 4.74 Å². The molecule has 4 unspecified atom stereocenters. The first-order valence-electron chi connectivity index (χ1n) is 6.68. The van der Waals surface area contributed by atoms with Crippen molar-refractivity contribution in [1.82, 2.24) is 0 Å². The van der Waals surface area contributed by atoms with Crippen molar-refractivity contribution in [3.05, 3.63) is 23.8 Å². The van der Waals surface area contributed by atoms with Crippen LogP contribution in [0.15, 0.2) is 18.2 Å². The number of nitrogens with one attached hydrogen (secondary N) is 1. The molecule has 1 aromatic rings. The predicted molar refractivity (Wildman–Crippen MR) is 70.6 cm³/mol. The molecule has 0 bridgehead atoms. The van der Waals surface area contributed by atoms with E-state index in [0.717, 1.165) is 11.7 Å². The highest BCUT2D eigenvalue weighted by atomic mass is 16.5. The summed E-state index contributed by atoms with van der Waals surface area (Å²) in [4.78, 5) is 0. The molecule has 1 aliphatic heterocycles. The van der Waals surface area contributed by atoms with Crippen molar-refractivity contribution in [1.29, 1.82) is 0 Å². The van der Waals surface area contributed by atoms with Gasteiger partial charge in [-0.2, -0.15) is 0 Å². The lowest BCUT2D eigenvalue weighted by atomic mass is 9.77. The van der Waals surface area contributed by atoms with Gasteiger partial charge in [0.2, 0.25) is 0 Å². The van der Waals surface area contributed by atoms with E-state index in [4.69, 9.17) is 4.74 Å². The number of fused-ring (bicyclic) bond motifs is 2. The summed E-state index contributed by atoms with van der Waals surface area (Å²) in [5, 5.41) is 3.69. The molecule has 17 heavy (non-hydrogen) atoms. The Morgan fingerprint density at radius 2 is 2.06 bits per heavy atom. The molecule has 0 aromatic heterocycles. The van der Waals surface area contributed by atoms with Crippen molar-refractivity contribution in [3.8, 4) is 5.75 Å². The molecule has 0 saturated heterocycles. The van der Waals surface area contributed by atoms with Gasteiger partial charge in [-0.3, -0.25) is 0 Å². The summed E-state index contributed by atoms with van der Waals surface area (Å²) < 4.78 is 6.24. The van der Waals surface area contributed by atoms with Crippen LogP contribution in [0.1, 0.15) is 32.3 Å². The third-order valence-corrected chi connectivity index (χ3v) is 4.23. The number of rotatable bonds is 0. The summed E-state index contributed by atoms with van der Waals surface area (Å²) in [6.07, 6.45) is 2.83. The topological polar surface area (TPSA) is 21.3 Å². The number of ether oxygens (including phenoxy) is 1. The van der Waals surface area contributed by atoms with Crippen LogP contribution in [0.4, 0.5) is 5.69 Å². The molecule has 3 rings (SSSR count). The summed E-state index contributed by atoms with van der Waals surface area (Å²) >= 11 is 0. The second-order valence-electron chi connectivity index (χ2n) is 5.83. The molecule has 1 fully saturated rings.